The fraction of sp³-hybridized carbons (Fsp3) is 0.679. The van der Waals surface area contributed by atoms with Gasteiger partial charge in [-0.2, -0.15) is 11.8 Å². The van der Waals surface area contributed by atoms with E-state index in [4.69, 9.17) is 4.74 Å². The minimum atomic E-state index is -0.782. The summed E-state index contributed by atoms with van der Waals surface area (Å²) in [5.74, 6) is 0.570. The maximum absolute atomic E-state index is 14.2. The Labute approximate surface area is 221 Å². The molecule has 2 rings (SSSR count). The van der Waals surface area contributed by atoms with E-state index >= 15 is 0 Å². The molecule has 1 aromatic rings. The summed E-state index contributed by atoms with van der Waals surface area (Å²) in [4.78, 5) is 42.4. The molecule has 36 heavy (non-hydrogen) atoms. The molecule has 0 saturated heterocycles. The van der Waals surface area contributed by atoms with E-state index in [-0.39, 0.29) is 23.8 Å². The fourth-order valence-electron chi connectivity index (χ4n) is 4.44. The highest BCUT2D eigenvalue weighted by Crippen LogP contribution is 2.42. The van der Waals surface area contributed by atoms with E-state index in [1.165, 1.54) is 0 Å². The Bertz CT molecular complexity index is 894. The Kier molecular flexibility index (Phi) is 11.1. The summed E-state index contributed by atoms with van der Waals surface area (Å²) in [6.45, 7) is 14.1. The Balaban J connectivity index is 2.50. The fourth-order valence-corrected chi connectivity index (χ4v) is 4.91. The molecule has 0 radical (unpaired) electrons. The molecule has 0 aromatic heterocycles. The number of alkyl carbamates (subject to hydrolysis) is 1. The van der Waals surface area contributed by atoms with Gasteiger partial charge >= 0.3 is 6.09 Å². The van der Waals surface area contributed by atoms with Crippen molar-refractivity contribution in [1.82, 2.24) is 15.5 Å². The summed E-state index contributed by atoms with van der Waals surface area (Å²) in [5.41, 5.74) is 2.12. The number of thioether (sulfide) groups is 1. The van der Waals surface area contributed by atoms with Gasteiger partial charge in [-0.1, -0.05) is 38.5 Å². The molecule has 1 fully saturated rings. The largest absolute Gasteiger partial charge is 0.444 e. The van der Waals surface area contributed by atoms with Gasteiger partial charge in [0.05, 0.1) is 0 Å². The van der Waals surface area contributed by atoms with Crippen LogP contribution >= 0.6 is 11.8 Å². The van der Waals surface area contributed by atoms with Crippen LogP contribution in [0.5, 0.6) is 0 Å². The third kappa shape index (κ3) is 8.43. The molecular formula is C28H45N3O4S. The van der Waals surface area contributed by atoms with Gasteiger partial charge in [0.25, 0.3) is 0 Å². The summed E-state index contributed by atoms with van der Waals surface area (Å²) in [5, 5.41) is 5.89. The summed E-state index contributed by atoms with van der Waals surface area (Å²) in [7, 11) is 0. The molecule has 4 atom stereocenters. The van der Waals surface area contributed by atoms with Crippen molar-refractivity contribution < 1.29 is 19.1 Å². The second kappa shape index (κ2) is 13.4. The molecule has 0 heterocycles. The van der Waals surface area contributed by atoms with Crippen LogP contribution in [-0.2, 0) is 14.3 Å². The molecule has 202 valence electrons. The minimum absolute atomic E-state index is 0.0596. The molecule has 0 spiro atoms. The molecular weight excluding hydrogens is 474 g/mol. The highest BCUT2D eigenvalue weighted by atomic mass is 32.2. The molecule has 1 saturated carbocycles. The molecule has 1 aromatic carbocycles. The number of nitrogens with one attached hydrogen (secondary N) is 2. The molecule has 7 nitrogen and oxygen atoms in total. The monoisotopic (exact) mass is 519 g/mol. The molecule has 0 bridgehead atoms. The number of aryl methyl sites for hydroxylation is 2. The SMILES string of the molecule is CCCCNC(=O)C(c1c(C)cccc1C)N(C(=O)C(CCSC)NC(=O)OC(C)(C)C)C1CC1C. The van der Waals surface area contributed by atoms with E-state index in [1.54, 1.807) is 37.4 Å². The van der Waals surface area contributed by atoms with Crippen LogP contribution in [0, 0.1) is 19.8 Å². The lowest BCUT2D eigenvalue weighted by Crippen LogP contribution is -2.54. The van der Waals surface area contributed by atoms with Crippen LogP contribution in [0.3, 0.4) is 0 Å². The van der Waals surface area contributed by atoms with Gasteiger partial charge in [-0.3, -0.25) is 9.59 Å². The lowest BCUT2D eigenvalue weighted by molar-refractivity contribution is -0.143. The molecule has 8 heteroatoms. The van der Waals surface area contributed by atoms with E-state index in [0.29, 0.717) is 18.7 Å². The van der Waals surface area contributed by atoms with E-state index in [9.17, 15) is 14.4 Å². The number of benzene rings is 1. The summed E-state index contributed by atoms with van der Waals surface area (Å²) < 4.78 is 5.46. The standard InChI is InChI=1S/C28H45N3O4S/c1-9-10-15-29-25(32)24(23-18(2)12-11-13-19(23)3)31(22-17-20(22)4)26(33)21(14-16-36-8)30-27(34)35-28(5,6)7/h11-13,20-22,24H,9-10,14-17H2,1-8H3,(H,29,32)(H,30,34). The zero-order valence-corrected chi connectivity index (χ0v) is 24.1. The van der Waals surface area contributed by atoms with Crippen LogP contribution < -0.4 is 10.6 Å². The number of carbonyl (C=O) groups excluding carboxylic acids is 3. The van der Waals surface area contributed by atoms with Gasteiger partial charge in [0.1, 0.15) is 17.7 Å². The van der Waals surface area contributed by atoms with Crippen molar-refractivity contribution >= 4 is 29.7 Å². The lowest BCUT2D eigenvalue weighted by Gasteiger charge is -2.36. The third-order valence-electron chi connectivity index (χ3n) is 6.45. The number of carbonyl (C=O) groups is 3. The summed E-state index contributed by atoms with van der Waals surface area (Å²) in [6.07, 6.45) is 4.46. The van der Waals surface area contributed by atoms with Crippen molar-refractivity contribution in [2.75, 3.05) is 18.6 Å². The topological polar surface area (TPSA) is 87.7 Å². The predicted octanol–water partition coefficient (Wildman–Crippen LogP) is 5.14. The second-order valence-corrected chi connectivity index (χ2v) is 11.8. The van der Waals surface area contributed by atoms with Gasteiger partial charge in [0.15, 0.2) is 0 Å². The summed E-state index contributed by atoms with van der Waals surface area (Å²) in [6, 6.07) is 4.33. The number of nitrogens with zero attached hydrogens (tertiary/aromatic N) is 1. The van der Waals surface area contributed by atoms with Gasteiger partial charge in [0.2, 0.25) is 11.8 Å². The first-order valence-electron chi connectivity index (χ1n) is 13.1. The van der Waals surface area contributed by atoms with Crippen LogP contribution in [0.25, 0.3) is 0 Å². The van der Waals surface area contributed by atoms with Crippen molar-refractivity contribution in [3.8, 4) is 0 Å². The summed E-state index contributed by atoms with van der Waals surface area (Å²) >= 11 is 1.61. The number of rotatable bonds is 12. The second-order valence-electron chi connectivity index (χ2n) is 10.9. The highest BCUT2D eigenvalue weighted by molar-refractivity contribution is 7.98. The van der Waals surface area contributed by atoms with Crippen molar-refractivity contribution in [3.63, 3.8) is 0 Å². The van der Waals surface area contributed by atoms with Gasteiger partial charge in [0, 0.05) is 12.6 Å². The zero-order chi connectivity index (χ0) is 27.0. The first-order chi connectivity index (χ1) is 16.9. The molecule has 1 aliphatic rings. The molecule has 3 amide bonds. The number of unbranched alkanes of at least 4 members (excludes halogenated alkanes) is 1. The van der Waals surface area contributed by atoms with Crippen molar-refractivity contribution in [2.45, 2.75) is 97.9 Å². The van der Waals surface area contributed by atoms with E-state index in [1.807, 2.05) is 38.3 Å². The van der Waals surface area contributed by atoms with Gasteiger partial charge < -0.3 is 20.3 Å². The Morgan fingerprint density at radius 1 is 1.19 bits per heavy atom. The number of ether oxygens (including phenoxy) is 1. The number of hydrogen-bond donors (Lipinski definition) is 2. The maximum Gasteiger partial charge on any atom is 0.408 e. The van der Waals surface area contributed by atoms with Crippen molar-refractivity contribution in [1.29, 1.82) is 0 Å². The highest BCUT2D eigenvalue weighted by Gasteiger charge is 2.48. The zero-order valence-electron chi connectivity index (χ0n) is 23.3. The first kappa shape index (κ1) is 30.0. The van der Waals surface area contributed by atoms with Crippen LogP contribution in [-0.4, -0.2) is 59.0 Å². The van der Waals surface area contributed by atoms with Crippen molar-refractivity contribution in [3.05, 3.63) is 34.9 Å². The smallest absolute Gasteiger partial charge is 0.408 e. The Morgan fingerprint density at radius 3 is 2.31 bits per heavy atom. The van der Waals surface area contributed by atoms with Crippen LogP contribution in [0.1, 0.15) is 83.0 Å². The average molecular weight is 520 g/mol. The Hall–Kier alpha value is -2.22. The molecule has 0 aliphatic heterocycles. The van der Waals surface area contributed by atoms with Crippen LogP contribution in [0.2, 0.25) is 0 Å². The van der Waals surface area contributed by atoms with E-state index in [0.717, 1.165) is 36.0 Å². The first-order valence-corrected chi connectivity index (χ1v) is 14.4. The number of hydrogen-bond acceptors (Lipinski definition) is 5. The molecule has 1 aliphatic carbocycles. The van der Waals surface area contributed by atoms with Crippen LogP contribution in [0.15, 0.2) is 18.2 Å². The lowest BCUT2D eigenvalue weighted by atomic mass is 9.93. The quantitative estimate of drug-likeness (QED) is 0.373. The molecule has 4 unspecified atom stereocenters. The van der Waals surface area contributed by atoms with Gasteiger partial charge in [-0.25, -0.2) is 4.79 Å². The maximum atomic E-state index is 14.2. The van der Waals surface area contributed by atoms with Gasteiger partial charge in [-0.05, 0) is 88.5 Å². The predicted molar refractivity (Wildman–Crippen MR) is 147 cm³/mol. The van der Waals surface area contributed by atoms with E-state index in [2.05, 4.69) is 24.5 Å². The minimum Gasteiger partial charge on any atom is -0.444 e. The van der Waals surface area contributed by atoms with Crippen molar-refractivity contribution in [2.24, 2.45) is 5.92 Å². The third-order valence-corrected chi connectivity index (χ3v) is 7.09. The van der Waals surface area contributed by atoms with Gasteiger partial charge in [-0.15, -0.1) is 0 Å². The Morgan fingerprint density at radius 2 is 1.81 bits per heavy atom. The van der Waals surface area contributed by atoms with E-state index < -0.39 is 23.8 Å². The normalized spacial score (nSPS) is 18.7. The number of amides is 3. The van der Waals surface area contributed by atoms with Crippen LogP contribution in [0.4, 0.5) is 4.79 Å². The average Bonchev–Trinajstić information content (AvgIpc) is 3.50. The molecule has 2 N–H and O–H groups in total.